The fourth-order valence-corrected chi connectivity index (χ4v) is 5.72. The molecule has 29 heavy (non-hydrogen) atoms. The Bertz CT molecular complexity index is 1200. The van der Waals surface area contributed by atoms with Crippen molar-refractivity contribution in [1.82, 2.24) is 4.48 Å². The molecule has 3 heteroatoms. The second-order valence-electron chi connectivity index (χ2n) is 7.45. The van der Waals surface area contributed by atoms with Crippen molar-refractivity contribution in [2.45, 2.75) is 16.9 Å². The molecule has 2 unspecified atom stereocenters. The van der Waals surface area contributed by atoms with Gasteiger partial charge in [-0.3, -0.25) is 5.73 Å². The van der Waals surface area contributed by atoms with Crippen LogP contribution < -0.4 is 10.2 Å². The topological polar surface area (TPSA) is 26.0 Å². The lowest BCUT2D eigenvalue weighted by Gasteiger charge is -2.38. The second kappa shape index (κ2) is 7.20. The molecule has 142 valence electrons. The lowest BCUT2D eigenvalue weighted by atomic mass is 10.0. The van der Waals surface area contributed by atoms with Crippen LogP contribution in [0.1, 0.15) is 11.1 Å². The van der Waals surface area contributed by atoms with E-state index >= 15 is 0 Å². The third-order valence-electron chi connectivity index (χ3n) is 5.79. The zero-order valence-electron chi connectivity index (χ0n) is 16.2. The summed E-state index contributed by atoms with van der Waals surface area (Å²) in [6.45, 7) is 4.87. The predicted octanol–water partition coefficient (Wildman–Crippen LogP) is 6.67. The van der Waals surface area contributed by atoms with Gasteiger partial charge in [-0.05, 0) is 52.9 Å². The van der Waals surface area contributed by atoms with Gasteiger partial charge in [0.05, 0.1) is 4.90 Å². The van der Waals surface area contributed by atoms with E-state index in [1.807, 2.05) is 6.08 Å². The molecule has 4 aromatic carbocycles. The highest BCUT2D eigenvalue weighted by Crippen LogP contribution is 2.54. The SMILES string of the molecule is C=Cc1cccc2c1[N+](Cc1ccc3ccccc3c1)(c1ccccc1)C(N)S2. The highest BCUT2D eigenvalue weighted by atomic mass is 32.2. The molecule has 0 bridgehead atoms. The summed E-state index contributed by atoms with van der Waals surface area (Å²) in [6.07, 6.45) is 1.95. The van der Waals surface area contributed by atoms with Gasteiger partial charge in [0, 0.05) is 11.1 Å². The summed E-state index contributed by atoms with van der Waals surface area (Å²) in [5, 5.41) is 2.52. The van der Waals surface area contributed by atoms with Crippen LogP contribution in [0, 0.1) is 0 Å². The zero-order chi connectivity index (χ0) is 19.8. The van der Waals surface area contributed by atoms with Crippen molar-refractivity contribution in [2.24, 2.45) is 5.73 Å². The van der Waals surface area contributed by atoms with Gasteiger partial charge < -0.3 is 0 Å². The van der Waals surface area contributed by atoms with Crippen molar-refractivity contribution < 1.29 is 0 Å². The lowest BCUT2D eigenvalue weighted by Crippen LogP contribution is -2.52. The number of nitrogens with two attached hydrogens (primary N) is 1. The number of thioether (sulfide) groups is 1. The molecular formula is C26H23N2S+. The Kier molecular flexibility index (Phi) is 4.51. The van der Waals surface area contributed by atoms with E-state index in [1.165, 1.54) is 32.6 Å². The van der Waals surface area contributed by atoms with Gasteiger partial charge in [0.1, 0.15) is 12.2 Å². The van der Waals surface area contributed by atoms with Crippen molar-refractivity contribution >= 4 is 40.0 Å². The van der Waals surface area contributed by atoms with Gasteiger partial charge in [-0.25, -0.2) is 4.48 Å². The minimum absolute atomic E-state index is 0.125. The highest BCUT2D eigenvalue weighted by Gasteiger charge is 2.49. The molecule has 2 nitrogen and oxygen atoms in total. The Morgan fingerprint density at radius 3 is 2.41 bits per heavy atom. The number of rotatable bonds is 4. The summed E-state index contributed by atoms with van der Waals surface area (Å²) in [5.74, 6) is 0. The van der Waals surface area contributed by atoms with E-state index in [0.29, 0.717) is 4.48 Å². The van der Waals surface area contributed by atoms with E-state index in [4.69, 9.17) is 5.73 Å². The molecule has 0 aromatic heterocycles. The average Bonchev–Trinajstić information content (AvgIpc) is 3.06. The fraction of sp³-hybridized carbons (Fsp3) is 0.0769. The Morgan fingerprint density at radius 2 is 1.62 bits per heavy atom. The third kappa shape index (κ3) is 2.90. The number of hydrogen-bond donors (Lipinski definition) is 1. The van der Waals surface area contributed by atoms with Gasteiger partial charge in [-0.15, -0.1) is 0 Å². The van der Waals surface area contributed by atoms with Crippen LogP contribution in [0.4, 0.5) is 11.4 Å². The van der Waals surface area contributed by atoms with Gasteiger partial charge in [-0.2, -0.15) is 0 Å². The molecule has 0 fully saturated rings. The van der Waals surface area contributed by atoms with Gasteiger partial charge in [0.25, 0.3) is 0 Å². The van der Waals surface area contributed by atoms with Crippen LogP contribution >= 0.6 is 11.8 Å². The molecule has 0 radical (unpaired) electrons. The van der Waals surface area contributed by atoms with Gasteiger partial charge in [0.2, 0.25) is 5.50 Å². The molecule has 1 heterocycles. The Morgan fingerprint density at radius 1 is 0.862 bits per heavy atom. The number of quaternary nitrogens is 1. The van der Waals surface area contributed by atoms with E-state index < -0.39 is 0 Å². The first-order valence-corrected chi connectivity index (χ1v) is 10.7. The van der Waals surface area contributed by atoms with Crippen LogP contribution in [-0.4, -0.2) is 5.50 Å². The summed E-state index contributed by atoms with van der Waals surface area (Å²) >= 11 is 1.75. The molecule has 0 saturated carbocycles. The van der Waals surface area contributed by atoms with Gasteiger partial charge in [-0.1, -0.05) is 73.3 Å². The first-order chi connectivity index (χ1) is 14.2. The minimum atomic E-state index is -0.125. The van der Waals surface area contributed by atoms with E-state index in [2.05, 4.69) is 97.6 Å². The highest BCUT2D eigenvalue weighted by molar-refractivity contribution is 8.00. The Labute approximate surface area is 175 Å². The van der Waals surface area contributed by atoms with E-state index in [1.54, 1.807) is 11.8 Å². The molecule has 0 saturated heterocycles. The molecule has 5 rings (SSSR count). The van der Waals surface area contributed by atoms with Gasteiger partial charge in [0.15, 0.2) is 5.69 Å². The average molecular weight is 396 g/mol. The van der Waals surface area contributed by atoms with Crippen molar-refractivity contribution in [3.63, 3.8) is 0 Å². The van der Waals surface area contributed by atoms with Crippen molar-refractivity contribution in [2.75, 3.05) is 0 Å². The molecule has 0 aliphatic carbocycles. The maximum absolute atomic E-state index is 6.88. The molecule has 2 atom stereocenters. The quantitative estimate of drug-likeness (QED) is 0.391. The summed E-state index contributed by atoms with van der Waals surface area (Å²) in [4.78, 5) is 1.24. The number of nitrogens with zero attached hydrogens (tertiary/aromatic N) is 1. The summed E-state index contributed by atoms with van der Waals surface area (Å²) in [6, 6.07) is 32.3. The van der Waals surface area contributed by atoms with Crippen molar-refractivity contribution in [3.8, 4) is 0 Å². The maximum atomic E-state index is 6.88. The minimum Gasteiger partial charge on any atom is -0.271 e. The number of fused-ring (bicyclic) bond motifs is 2. The van der Waals surface area contributed by atoms with E-state index in [-0.39, 0.29) is 5.50 Å². The predicted molar refractivity (Wildman–Crippen MR) is 126 cm³/mol. The first-order valence-electron chi connectivity index (χ1n) is 9.82. The van der Waals surface area contributed by atoms with Crippen molar-refractivity contribution in [1.29, 1.82) is 0 Å². The second-order valence-corrected chi connectivity index (χ2v) is 8.61. The summed E-state index contributed by atoms with van der Waals surface area (Å²) in [7, 11) is 0. The number of hydrogen-bond acceptors (Lipinski definition) is 2. The van der Waals surface area contributed by atoms with Crippen LogP contribution in [0.15, 0.2) is 102 Å². The standard InChI is InChI=1S/C26H23N2S/c1-2-20-11-8-14-24-25(20)28(26(27)29-24,23-12-4-3-5-13-23)18-19-15-16-21-9-6-7-10-22(21)17-19/h2-17,26H,1,18,27H2/q+1. The van der Waals surface area contributed by atoms with Crippen LogP contribution in [0.25, 0.3) is 16.8 Å². The maximum Gasteiger partial charge on any atom is 0.203 e. The van der Waals surface area contributed by atoms with Crippen LogP contribution in [0.2, 0.25) is 0 Å². The third-order valence-corrected chi connectivity index (χ3v) is 6.98. The van der Waals surface area contributed by atoms with E-state index in [0.717, 1.165) is 12.1 Å². The molecule has 2 N–H and O–H groups in total. The molecule has 0 amide bonds. The largest absolute Gasteiger partial charge is 0.271 e. The summed E-state index contributed by atoms with van der Waals surface area (Å²) < 4.78 is 0.585. The Balaban J connectivity index is 1.74. The first kappa shape index (κ1) is 18.2. The van der Waals surface area contributed by atoms with Crippen LogP contribution in [0.3, 0.4) is 0 Å². The molecular weight excluding hydrogens is 372 g/mol. The van der Waals surface area contributed by atoms with Crippen molar-refractivity contribution in [3.05, 3.63) is 109 Å². The number of para-hydroxylation sites is 2. The fourth-order valence-electron chi connectivity index (χ4n) is 4.43. The monoisotopic (exact) mass is 395 g/mol. The number of benzene rings is 4. The molecule has 4 aromatic rings. The zero-order valence-corrected chi connectivity index (χ0v) is 17.0. The molecule has 0 spiro atoms. The molecule has 1 aliphatic rings. The lowest BCUT2D eigenvalue weighted by molar-refractivity contribution is 0.363. The van der Waals surface area contributed by atoms with Crippen LogP contribution in [0.5, 0.6) is 0 Å². The van der Waals surface area contributed by atoms with Gasteiger partial charge >= 0.3 is 0 Å². The van der Waals surface area contributed by atoms with E-state index in [9.17, 15) is 0 Å². The smallest absolute Gasteiger partial charge is 0.203 e. The van der Waals surface area contributed by atoms with Crippen LogP contribution in [-0.2, 0) is 6.54 Å². The normalized spacial score (nSPS) is 20.5. The molecule has 1 aliphatic heterocycles. The summed E-state index contributed by atoms with van der Waals surface area (Å²) in [5.41, 5.74) is 11.6. The Hall–Kier alpha value is -2.85.